The van der Waals surface area contributed by atoms with Gasteiger partial charge < -0.3 is 19.0 Å². The molecule has 32 heavy (non-hydrogen) atoms. The molecule has 0 aliphatic heterocycles. The lowest BCUT2D eigenvalue weighted by Gasteiger charge is -2.28. The molecule has 4 rings (SSSR count). The van der Waals surface area contributed by atoms with Crippen LogP contribution in [0.25, 0.3) is 22.0 Å². The average Bonchev–Trinajstić information content (AvgIpc) is 3.02. The number of ether oxygens (including phenoxy) is 1. The third kappa shape index (κ3) is 3.66. The van der Waals surface area contributed by atoms with Crippen molar-refractivity contribution < 1.29 is 14.6 Å². The Morgan fingerprint density at radius 2 is 1.69 bits per heavy atom. The summed E-state index contributed by atoms with van der Waals surface area (Å²) in [4.78, 5) is 26.1. The Labute approximate surface area is 188 Å². The number of aliphatic carboxylic acids is 1. The number of carboxylic acid groups (broad SMARTS) is 1. The molecule has 0 saturated heterocycles. The standard InChI is InChI=1S/C26H32N2O4/c1-15-11-13-16(14-12-15)19-20-17-9-7-8-10-18(17)27(5)22(20)24(29)28(6)21(19)23(25(30)31)32-26(2,3)4/h11-14,23H,7-10H2,1-6H3,(H,30,31). The van der Waals surface area contributed by atoms with Crippen LogP contribution in [0.1, 0.15) is 62.2 Å². The van der Waals surface area contributed by atoms with E-state index < -0.39 is 17.7 Å². The third-order valence-electron chi connectivity index (χ3n) is 6.38. The van der Waals surface area contributed by atoms with Gasteiger partial charge in [0.25, 0.3) is 5.56 Å². The smallest absolute Gasteiger partial charge is 0.339 e. The summed E-state index contributed by atoms with van der Waals surface area (Å²) >= 11 is 0. The molecule has 0 saturated carbocycles. The van der Waals surface area contributed by atoms with E-state index in [1.165, 1.54) is 15.8 Å². The number of pyridine rings is 1. The highest BCUT2D eigenvalue weighted by Crippen LogP contribution is 2.41. The molecule has 0 radical (unpaired) electrons. The van der Waals surface area contributed by atoms with E-state index in [1.54, 1.807) is 7.05 Å². The van der Waals surface area contributed by atoms with Crippen molar-refractivity contribution in [3.8, 4) is 11.1 Å². The molecule has 0 fully saturated rings. The van der Waals surface area contributed by atoms with Gasteiger partial charge >= 0.3 is 5.97 Å². The molecule has 0 amide bonds. The highest BCUT2D eigenvalue weighted by atomic mass is 16.5. The second kappa shape index (κ2) is 7.93. The zero-order chi connectivity index (χ0) is 23.4. The van der Waals surface area contributed by atoms with Crippen LogP contribution >= 0.6 is 0 Å². The molecule has 1 unspecified atom stereocenters. The summed E-state index contributed by atoms with van der Waals surface area (Å²) < 4.78 is 9.54. The Morgan fingerprint density at radius 1 is 1.06 bits per heavy atom. The summed E-state index contributed by atoms with van der Waals surface area (Å²) in [5.74, 6) is -1.10. The fourth-order valence-corrected chi connectivity index (χ4v) is 4.95. The molecule has 1 atom stereocenters. The number of aromatic nitrogens is 2. The van der Waals surface area contributed by atoms with E-state index in [2.05, 4.69) is 0 Å². The SMILES string of the molecule is Cc1ccc(-c2c(C(OC(C)(C)C)C(=O)O)n(C)c(=O)c3c2c2c(n3C)CCCC2)cc1. The van der Waals surface area contributed by atoms with E-state index in [0.29, 0.717) is 11.2 Å². The molecule has 1 aliphatic rings. The first-order chi connectivity index (χ1) is 15.0. The number of carbonyl (C=O) groups is 1. The molecule has 2 heterocycles. The van der Waals surface area contributed by atoms with E-state index in [0.717, 1.165) is 47.8 Å². The number of carboxylic acids is 1. The molecule has 170 valence electrons. The van der Waals surface area contributed by atoms with Crippen LogP contribution in [0.5, 0.6) is 0 Å². The maximum Gasteiger partial charge on any atom is 0.339 e. The number of aryl methyl sites for hydroxylation is 3. The highest BCUT2D eigenvalue weighted by Gasteiger charge is 2.35. The van der Waals surface area contributed by atoms with Crippen molar-refractivity contribution in [2.24, 2.45) is 14.1 Å². The maximum atomic E-state index is 13.6. The minimum atomic E-state index is -1.27. The number of hydrogen-bond acceptors (Lipinski definition) is 3. The number of fused-ring (bicyclic) bond motifs is 3. The van der Waals surface area contributed by atoms with Gasteiger partial charge in [-0.1, -0.05) is 29.8 Å². The predicted octanol–water partition coefficient (Wildman–Crippen LogP) is 4.67. The van der Waals surface area contributed by atoms with Crippen LogP contribution in [0.2, 0.25) is 0 Å². The van der Waals surface area contributed by atoms with Crippen LogP contribution < -0.4 is 5.56 Å². The van der Waals surface area contributed by atoms with Crippen molar-refractivity contribution in [1.82, 2.24) is 9.13 Å². The van der Waals surface area contributed by atoms with E-state index in [1.807, 2.05) is 63.6 Å². The monoisotopic (exact) mass is 436 g/mol. The van der Waals surface area contributed by atoms with Crippen LogP contribution in [-0.2, 0) is 36.5 Å². The zero-order valence-corrected chi connectivity index (χ0v) is 19.8. The van der Waals surface area contributed by atoms with Crippen molar-refractivity contribution in [2.45, 2.75) is 65.1 Å². The van der Waals surface area contributed by atoms with E-state index in [-0.39, 0.29) is 5.56 Å². The lowest BCUT2D eigenvalue weighted by Crippen LogP contribution is -2.33. The minimum absolute atomic E-state index is 0.188. The van der Waals surface area contributed by atoms with Gasteiger partial charge in [0.05, 0.1) is 11.3 Å². The maximum absolute atomic E-state index is 13.6. The first-order valence-corrected chi connectivity index (χ1v) is 11.2. The summed E-state index contributed by atoms with van der Waals surface area (Å²) in [6.07, 6.45) is 2.69. The quantitative estimate of drug-likeness (QED) is 0.645. The molecule has 1 aromatic carbocycles. The Balaban J connectivity index is 2.19. The van der Waals surface area contributed by atoms with E-state index >= 15 is 0 Å². The third-order valence-corrected chi connectivity index (χ3v) is 6.38. The Bertz CT molecular complexity index is 1260. The topological polar surface area (TPSA) is 73.5 Å². The molecular formula is C26H32N2O4. The summed E-state index contributed by atoms with van der Waals surface area (Å²) in [7, 11) is 3.61. The van der Waals surface area contributed by atoms with E-state index in [4.69, 9.17) is 4.74 Å². The minimum Gasteiger partial charge on any atom is -0.479 e. The number of rotatable bonds is 4. The van der Waals surface area contributed by atoms with Gasteiger partial charge in [0.1, 0.15) is 5.52 Å². The normalized spacial score (nSPS) is 15.1. The molecular weight excluding hydrogens is 404 g/mol. The van der Waals surface area contributed by atoms with Crippen molar-refractivity contribution in [3.05, 3.63) is 57.1 Å². The van der Waals surface area contributed by atoms with Crippen molar-refractivity contribution in [3.63, 3.8) is 0 Å². The van der Waals surface area contributed by atoms with Gasteiger partial charge in [-0.3, -0.25) is 4.79 Å². The van der Waals surface area contributed by atoms with Crippen LogP contribution in [-0.4, -0.2) is 25.8 Å². The Kier molecular flexibility index (Phi) is 5.53. The largest absolute Gasteiger partial charge is 0.479 e. The second-order valence-corrected chi connectivity index (χ2v) is 9.85. The van der Waals surface area contributed by atoms with Crippen LogP contribution in [0, 0.1) is 6.92 Å². The number of hydrogen-bond donors (Lipinski definition) is 1. The summed E-state index contributed by atoms with van der Waals surface area (Å²) in [6.45, 7) is 7.51. The lowest BCUT2D eigenvalue weighted by molar-refractivity contribution is -0.161. The Morgan fingerprint density at radius 3 is 2.28 bits per heavy atom. The van der Waals surface area contributed by atoms with Crippen LogP contribution in [0.3, 0.4) is 0 Å². The van der Waals surface area contributed by atoms with E-state index in [9.17, 15) is 14.7 Å². The van der Waals surface area contributed by atoms with Gasteiger partial charge in [-0.25, -0.2) is 4.79 Å². The predicted molar refractivity (Wildman–Crippen MR) is 126 cm³/mol. The first-order valence-electron chi connectivity index (χ1n) is 11.2. The number of benzene rings is 1. The molecule has 2 aromatic heterocycles. The fourth-order valence-electron chi connectivity index (χ4n) is 4.95. The average molecular weight is 437 g/mol. The van der Waals surface area contributed by atoms with Gasteiger partial charge in [0.15, 0.2) is 6.10 Å². The van der Waals surface area contributed by atoms with Gasteiger partial charge in [-0.2, -0.15) is 0 Å². The Hall–Kier alpha value is -2.86. The summed E-state index contributed by atoms with van der Waals surface area (Å²) in [6, 6.07) is 8.06. The molecule has 3 aromatic rings. The van der Waals surface area contributed by atoms with Crippen molar-refractivity contribution >= 4 is 16.9 Å². The van der Waals surface area contributed by atoms with Crippen LogP contribution in [0.4, 0.5) is 0 Å². The molecule has 6 nitrogen and oxygen atoms in total. The van der Waals surface area contributed by atoms with Crippen molar-refractivity contribution in [1.29, 1.82) is 0 Å². The van der Waals surface area contributed by atoms with Gasteiger partial charge in [0, 0.05) is 30.7 Å². The van der Waals surface area contributed by atoms with Gasteiger partial charge in [-0.15, -0.1) is 0 Å². The molecule has 1 aliphatic carbocycles. The van der Waals surface area contributed by atoms with Gasteiger partial charge in [0.2, 0.25) is 0 Å². The zero-order valence-electron chi connectivity index (χ0n) is 19.8. The number of nitrogens with zero attached hydrogens (tertiary/aromatic N) is 2. The van der Waals surface area contributed by atoms with Crippen LogP contribution in [0.15, 0.2) is 29.1 Å². The first kappa shape index (κ1) is 22.3. The second-order valence-electron chi connectivity index (χ2n) is 9.85. The molecule has 0 spiro atoms. The summed E-state index contributed by atoms with van der Waals surface area (Å²) in [5.41, 5.74) is 5.30. The fraction of sp³-hybridized carbons (Fsp3) is 0.462. The molecule has 6 heteroatoms. The van der Waals surface area contributed by atoms with Gasteiger partial charge in [-0.05, 0) is 64.5 Å². The lowest BCUT2D eigenvalue weighted by atomic mass is 9.89. The molecule has 1 N–H and O–H groups in total. The summed E-state index contributed by atoms with van der Waals surface area (Å²) in [5, 5.41) is 11.1. The molecule has 0 bridgehead atoms. The highest BCUT2D eigenvalue weighted by molar-refractivity contribution is 6.01. The van der Waals surface area contributed by atoms with Crippen molar-refractivity contribution in [2.75, 3.05) is 0 Å².